The molecule has 1 atom stereocenters. The first-order chi connectivity index (χ1) is 4.86. The predicted molar refractivity (Wildman–Crippen MR) is 44.5 cm³/mol. The van der Waals surface area contributed by atoms with Gasteiger partial charge in [0.25, 0.3) is 0 Å². The van der Waals surface area contributed by atoms with Crippen molar-refractivity contribution >= 4 is 13.8 Å². The average molecular weight is 153 g/mol. The molecular weight excluding hydrogens is 143 g/mol. The maximum absolute atomic E-state index is 10.4. The number of aryl methyl sites for hydroxylation is 1. The van der Waals surface area contributed by atoms with Gasteiger partial charge in [0.15, 0.2) is 5.30 Å². The van der Waals surface area contributed by atoms with Crippen LogP contribution in [0, 0.1) is 0 Å². The average Bonchev–Trinajstić information content (AvgIpc) is 2.05. The third-order valence-corrected chi connectivity index (χ3v) is 2.05. The van der Waals surface area contributed by atoms with Gasteiger partial charge in [-0.15, -0.1) is 0 Å². The Morgan fingerprint density at radius 3 is 2.30 bits per heavy atom. The first-order valence-corrected chi connectivity index (χ1v) is 4.24. The molecule has 1 nitrogen and oxygen atoms in total. The number of benzene rings is 1. The molecule has 0 heterocycles. The molecule has 0 saturated carbocycles. The predicted octanol–water partition coefficient (Wildman–Crippen LogP) is 1.90. The van der Waals surface area contributed by atoms with Gasteiger partial charge in [0, 0.05) is 0 Å². The highest BCUT2D eigenvalue weighted by molar-refractivity contribution is 7.34. The Morgan fingerprint density at radius 1 is 1.30 bits per heavy atom. The van der Waals surface area contributed by atoms with Crippen LogP contribution < -0.4 is 5.30 Å². The van der Waals surface area contributed by atoms with Crippen LogP contribution in [-0.4, -0.2) is 0 Å². The molecule has 0 aliphatic carbocycles. The summed E-state index contributed by atoms with van der Waals surface area (Å²) in [7, 11) is -0.322. The molecule has 0 spiro atoms. The van der Waals surface area contributed by atoms with Crippen molar-refractivity contribution in [2.75, 3.05) is 0 Å². The lowest BCUT2D eigenvalue weighted by Crippen LogP contribution is -1.90. The molecular formula is C8H10OP+. The molecule has 0 aliphatic heterocycles. The third kappa shape index (κ3) is 1.65. The first kappa shape index (κ1) is 7.43. The lowest BCUT2D eigenvalue weighted by molar-refractivity contribution is 0.603. The van der Waals surface area contributed by atoms with Crippen LogP contribution in [0.15, 0.2) is 24.3 Å². The summed E-state index contributed by atoms with van der Waals surface area (Å²) in [4.78, 5) is 0. The Balaban J connectivity index is 2.90. The van der Waals surface area contributed by atoms with Crippen molar-refractivity contribution in [2.45, 2.75) is 13.3 Å². The fraction of sp³-hybridized carbons (Fsp3) is 0.250. The Bertz CT molecular complexity index is 215. The maximum Gasteiger partial charge on any atom is 0.363 e. The molecule has 10 heavy (non-hydrogen) atoms. The largest absolute Gasteiger partial charge is 0.363 e. The van der Waals surface area contributed by atoms with Crippen LogP contribution in [-0.2, 0) is 11.0 Å². The van der Waals surface area contributed by atoms with Crippen molar-refractivity contribution in [2.24, 2.45) is 0 Å². The van der Waals surface area contributed by atoms with Gasteiger partial charge in [0.1, 0.15) is 0 Å². The minimum Gasteiger partial charge on any atom is -0.0707 e. The summed E-state index contributed by atoms with van der Waals surface area (Å²) in [5, 5.41) is 0.900. The molecule has 0 bridgehead atoms. The molecule has 0 amide bonds. The fourth-order valence-corrected chi connectivity index (χ4v) is 1.11. The van der Waals surface area contributed by atoms with Crippen LogP contribution in [0.2, 0.25) is 0 Å². The van der Waals surface area contributed by atoms with Crippen molar-refractivity contribution in [3.8, 4) is 0 Å². The number of hydrogen-bond donors (Lipinski definition) is 0. The summed E-state index contributed by atoms with van der Waals surface area (Å²) in [6, 6.07) is 7.84. The number of rotatable bonds is 2. The van der Waals surface area contributed by atoms with Gasteiger partial charge in [-0.3, -0.25) is 0 Å². The Morgan fingerprint density at radius 2 is 1.90 bits per heavy atom. The first-order valence-electron chi connectivity index (χ1n) is 3.34. The maximum atomic E-state index is 10.4. The Kier molecular flexibility index (Phi) is 2.58. The summed E-state index contributed by atoms with van der Waals surface area (Å²) in [5.74, 6) is 0. The molecule has 2 heteroatoms. The SMILES string of the molecule is CCc1ccc([PH+]=O)cc1. The molecule has 1 rings (SSSR count). The summed E-state index contributed by atoms with van der Waals surface area (Å²) in [5.41, 5.74) is 1.29. The zero-order valence-corrected chi connectivity index (χ0v) is 6.92. The lowest BCUT2D eigenvalue weighted by Gasteiger charge is -1.90. The van der Waals surface area contributed by atoms with E-state index in [1.54, 1.807) is 0 Å². The normalized spacial score (nSPS) is 10.1. The van der Waals surface area contributed by atoms with E-state index in [0.29, 0.717) is 0 Å². The van der Waals surface area contributed by atoms with Crippen LogP contribution in [0.25, 0.3) is 0 Å². The summed E-state index contributed by atoms with van der Waals surface area (Å²) in [6.45, 7) is 2.11. The fourth-order valence-electron chi connectivity index (χ4n) is 0.808. The van der Waals surface area contributed by atoms with Gasteiger partial charge in [-0.05, 0) is 24.1 Å². The molecule has 1 aromatic carbocycles. The van der Waals surface area contributed by atoms with Crippen LogP contribution >= 0.6 is 8.46 Å². The van der Waals surface area contributed by atoms with Gasteiger partial charge in [0.05, 0.1) is 0 Å². The van der Waals surface area contributed by atoms with E-state index in [0.717, 1.165) is 11.7 Å². The van der Waals surface area contributed by atoms with Gasteiger partial charge in [-0.2, -0.15) is 0 Å². The molecule has 1 unspecified atom stereocenters. The lowest BCUT2D eigenvalue weighted by atomic mass is 10.2. The van der Waals surface area contributed by atoms with Crippen molar-refractivity contribution in [1.29, 1.82) is 0 Å². The van der Waals surface area contributed by atoms with Crippen LogP contribution in [0.4, 0.5) is 0 Å². The summed E-state index contributed by atoms with van der Waals surface area (Å²) < 4.78 is 10.4. The molecule has 0 aromatic heterocycles. The van der Waals surface area contributed by atoms with E-state index in [4.69, 9.17) is 0 Å². The zero-order valence-electron chi connectivity index (χ0n) is 5.92. The quantitative estimate of drug-likeness (QED) is 0.593. The monoisotopic (exact) mass is 153 g/mol. The molecule has 0 saturated heterocycles. The van der Waals surface area contributed by atoms with Gasteiger partial charge >= 0.3 is 8.46 Å². The molecule has 0 aliphatic rings. The molecule has 52 valence electrons. The van der Waals surface area contributed by atoms with Crippen molar-refractivity contribution in [1.82, 2.24) is 0 Å². The van der Waals surface area contributed by atoms with Crippen LogP contribution in [0.5, 0.6) is 0 Å². The van der Waals surface area contributed by atoms with Gasteiger partial charge in [-0.1, -0.05) is 23.6 Å². The van der Waals surface area contributed by atoms with E-state index in [9.17, 15) is 4.57 Å². The van der Waals surface area contributed by atoms with Gasteiger partial charge in [-0.25, -0.2) is 0 Å². The second kappa shape index (κ2) is 3.48. The highest BCUT2D eigenvalue weighted by Crippen LogP contribution is 2.01. The van der Waals surface area contributed by atoms with E-state index < -0.39 is 0 Å². The van der Waals surface area contributed by atoms with Crippen molar-refractivity contribution in [3.63, 3.8) is 0 Å². The minimum absolute atomic E-state index is 0.322. The second-order valence-corrected chi connectivity index (χ2v) is 2.93. The van der Waals surface area contributed by atoms with Crippen LogP contribution in [0.3, 0.4) is 0 Å². The molecule has 0 radical (unpaired) electrons. The van der Waals surface area contributed by atoms with E-state index >= 15 is 0 Å². The zero-order chi connectivity index (χ0) is 7.40. The summed E-state index contributed by atoms with van der Waals surface area (Å²) in [6.07, 6.45) is 1.04. The van der Waals surface area contributed by atoms with Crippen molar-refractivity contribution < 1.29 is 4.57 Å². The van der Waals surface area contributed by atoms with Gasteiger partial charge in [0.2, 0.25) is 0 Å². The highest BCUT2D eigenvalue weighted by Gasteiger charge is 1.96. The molecule has 0 N–H and O–H groups in total. The van der Waals surface area contributed by atoms with Crippen LogP contribution in [0.1, 0.15) is 12.5 Å². The molecule has 0 fully saturated rings. The van der Waals surface area contributed by atoms with Gasteiger partial charge < -0.3 is 0 Å². The van der Waals surface area contributed by atoms with E-state index in [2.05, 4.69) is 6.92 Å². The second-order valence-electron chi connectivity index (χ2n) is 2.15. The topological polar surface area (TPSA) is 17.1 Å². The highest BCUT2D eigenvalue weighted by atomic mass is 31.1. The summed E-state index contributed by atoms with van der Waals surface area (Å²) >= 11 is 0. The standard InChI is InChI=1S/C8H9OP/c1-2-7-3-5-8(10-9)6-4-7/h3-6H,2H2,1H3/p+1. The van der Waals surface area contributed by atoms with E-state index in [1.165, 1.54) is 5.56 Å². The Labute approximate surface area is 62.3 Å². The third-order valence-electron chi connectivity index (χ3n) is 1.48. The van der Waals surface area contributed by atoms with Crippen molar-refractivity contribution in [3.05, 3.63) is 29.8 Å². The van der Waals surface area contributed by atoms with E-state index in [-0.39, 0.29) is 8.46 Å². The minimum atomic E-state index is -0.322. The smallest absolute Gasteiger partial charge is 0.0707 e. The Hall–Kier alpha value is -0.680. The number of hydrogen-bond acceptors (Lipinski definition) is 1. The van der Waals surface area contributed by atoms with E-state index in [1.807, 2.05) is 24.3 Å². The molecule has 1 aromatic rings.